The number of hydrogen-bond donors (Lipinski definition) is 1. The standard InChI is InChI=1S/C20H18N6O2/c27-19(8-10-25-14-22-17-6-2-1-5-16(17)20(25)28)23-18-7-11-26(24-18)13-15-4-3-9-21-12-15/h1-7,9,11-12,14H,8,10,13H2,(H,23,24,27). The zero-order valence-corrected chi connectivity index (χ0v) is 15.0. The molecule has 3 aromatic heterocycles. The number of nitrogens with zero attached hydrogens (tertiary/aromatic N) is 5. The van der Waals surface area contributed by atoms with E-state index in [2.05, 4.69) is 20.4 Å². The number of hydrogen-bond acceptors (Lipinski definition) is 5. The van der Waals surface area contributed by atoms with E-state index in [1.807, 2.05) is 18.2 Å². The minimum absolute atomic E-state index is 0.148. The van der Waals surface area contributed by atoms with Crippen LogP contribution in [0, 0.1) is 0 Å². The molecule has 1 N–H and O–H groups in total. The van der Waals surface area contributed by atoms with E-state index in [1.165, 1.54) is 10.9 Å². The van der Waals surface area contributed by atoms with Gasteiger partial charge in [0.05, 0.1) is 23.8 Å². The molecule has 8 nitrogen and oxygen atoms in total. The number of pyridine rings is 1. The first-order chi connectivity index (χ1) is 13.7. The molecule has 0 aliphatic heterocycles. The quantitative estimate of drug-likeness (QED) is 0.557. The summed E-state index contributed by atoms with van der Waals surface area (Å²) < 4.78 is 3.17. The molecule has 1 amide bonds. The number of aromatic nitrogens is 5. The maximum Gasteiger partial charge on any atom is 0.261 e. The van der Waals surface area contributed by atoms with E-state index in [4.69, 9.17) is 0 Å². The molecule has 0 saturated heterocycles. The summed E-state index contributed by atoms with van der Waals surface area (Å²) in [5, 5.41) is 7.63. The lowest BCUT2D eigenvalue weighted by Crippen LogP contribution is -2.23. The number of anilines is 1. The molecular weight excluding hydrogens is 356 g/mol. The van der Waals surface area contributed by atoms with Crippen molar-refractivity contribution in [2.24, 2.45) is 0 Å². The van der Waals surface area contributed by atoms with Gasteiger partial charge in [0.2, 0.25) is 5.91 Å². The molecule has 0 bridgehead atoms. The second-order valence-corrected chi connectivity index (χ2v) is 6.32. The largest absolute Gasteiger partial charge is 0.309 e. The molecule has 0 aliphatic carbocycles. The highest BCUT2D eigenvalue weighted by molar-refractivity contribution is 5.89. The molecule has 0 spiro atoms. The fraction of sp³-hybridized carbons (Fsp3) is 0.150. The van der Waals surface area contributed by atoms with Crippen molar-refractivity contribution in [1.82, 2.24) is 24.3 Å². The molecule has 28 heavy (non-hydrogen) atoms. The van der Waals surface area contributed by atoms with Gasteiger partial charge in [-0.2, -0.15) is 5.10 Å². The minimum atomic E-state index is -0.216. The van der Waals surface area contributed by atoms with Crippen LogP contribution in [-0.4, -0.2) is 30.2 Å². The Bertz CT molecular complexity index is 1170. The van der Waals surface area contributed by atoms with Crippen LogP contribution in [0.1, 0.15) is 12.0 Å². The first kappa shape index (κ1) is 17.6. The minimum Gasteiger partial charge on any atom is -0.309 e. The van der Waals surface area contributed by atoms with Crippen LogP contribution in [-0.2, 0) is 17.9 Å². The van der Waals surface area contributed by atoms with Gasteiger partial charge < -0.3 is 5.32 Å². The molecule has 8 heteroatoms. The molecule has 0 aliphatic rings. The van der Waals surface area contributed by atoms with Gasteiger partial charge in [-0.05, 0) is 23.8 Å². The second kappa shape index (κ2) is 7.83. The van der Waals surface area contributed by atoms with Crippen molar-refractivity contribution in [2.45, 2.75) is 19.5 Å². The zero-order chi connectivity index (χ0) is 19.3. The van der Waals surface area contributed by atoms with Crippen LogP contribution >= 0.6 is 0 Å². The summed E-state index contributed by atoms with van der Waals surface area (Å²) in [5.41, 5.74) is 1.51. The van der Waals surface area contributed by atoms with Crippen molar-refractivity contribution in [3.05, 3.63) is 83.3 Å². The normalized spacial score (nSPS) is 10.9. The summed E-state index contributed by atoms with van der Waals surface area (Å²) >= 11 is 0. The van der Waals surface area contributed by atoms with Crippen molar-refractivity contribution in [3.63, 3.8) is 0 Å². The van der Waals surface area contributed by atoms with Gasteiger partial charge in [0.25, 0.3) is 5.56 Å². The Labute approximate surface area is 160 Å². The van der Waals surface area contributed by atoms with Gasteiger partial charge in [-0.3, -0.25) is 23.8 Å². The molecular formula is C20H18N6O2. The third-order valence-electron chi connectivity index (χ3n) is 4.29. The van der Waals surface area contributed by atoms with E-state index in [-0.39, 0.29) is 24.4 Å². The first-order valence-corrected chi connectivity index (χ1v) is 8.85. The SMILES string of the molecule is O=C(CCn1cnc2ccccc2c1=O)Nc1ccn(Cc2cccnc2)n1. The van der Waals surface area contributed by atoms with Crippen LogP contribution in [0.4, 0.5) is 5.82 Å². The van der Waals surface area contributed by atoms with E-state index in [0.717, 1.165) is 5.56 Å². The van der Waals surface area contributed by atoms with Crippen LogP contribution in [0.2, 0.25) is 0 Å². The summed E-state index contributed by atoms with van der Waals surface area (Å²) in [4.78, 5) is 33.0. The van der Waals surface area contributed by atoms with E-state index < -0.39 is 0 Å². The molecule has 1 aromatic carbocycles. The van der Waals surface area contributed by atoms with Crippen LogP contribution in [0.15, 0.2) is 72.2 Å². The zero-order valence-electron chi connectivity index (χ0n) is 15.0. The van der Waals surface area contributed by atoms with Crippen molar-refractivity contribution in [3.8, 4) is 0 Å². The second-order valence-electron chi connectivity index (χ2n) is 6.32. The van der Waals surface area contributed by atoms with Crippen LogP contribution in [0.3, 0.4) is 0 Å². The molecule has 0 fully saturated rings. The topological polar surface area (TPSA) is 94.7 Å². The third kappa shape index (κ3) is 3.96. The monoisotopic (exact) mass is 374 g/mol. The van der Waals surface area contributed by atoms with Gasteiger partial charge in [-0.1, -0.05) is 18.2 Å². The molecule has 0 unspecified atom stereocenters. The predicted octanol–water partition coefficient (Wildman–Crippen LogP) is 2.07. The fourth-order valence-corrected chi connectivity index (χ4v) is 2.89. The average Bonchev–Trinajstić information content (AvgIpc) is 3.15. The summed E-state index contributed by atoms with van der Waals surface area (Å²) in [7, 11) is 0. The Morgan fingerprint density at radius 2 is 2.00 bits per heavy atom. The van der Waals surface area contributed by atoms with Crippen LogP contribution in [0.25, 0.3) is 10.9 Å². The molecule has 3 heterocycles. The number of rotatable bonds is 6. The van der Waals surface area contributed by atoms with Gasteiger partial charge in [-0.25, -0.2) is 4.98 Å². The van der Waals surface area contributed by atoms with Crippen molar-refractivity contribution < 1.29 is 4.79 Å². The lowest BCUT2D eigenvalue weighted by Gasteiger charge is -2.06. The van der Waals surface area contributed by atoms with E-state index >= 15 is 0 Å². The van der Waals surface area contributed by atoms with Gasteiger partial charge in [0.15, 0.2) is 5.82 Å². The molecule has 4 aromatic rings. The van der Waals surface area contributed by atoms with Crippen LogP contribution in [0.5, 0.6) is 0 Å². The molecule has 140 valence electrons. The van der Waals surface area contributed by atoms with Crippen molar-refractivity contribution in [1.29, 1.82) is 0 Å². The number of benzene rings is 1. The van der Waals surface area contributed by atoms with Gasteiger partial charge in [0, 0.05) is 37.6 Å². The summed E-state index contributed by atoms with van der Waals surface area (Å²) in [6.45, 7) is 0.820. The van der Waals surface area contributed by atoms with E-state index in [1.54, 1.807) is 47.5 Å². The van der Waals surface area contributed by atoms with Gasteiger partial charge >= 0.3 is 0 Å². The van der Waals surface area contributed by atoms with Gasteiger partial charge in [-0.15, -0.1) is 0 Å². The van der Waals surface area contributed by atoms with Gasteiger partial charge in [0.1, 0.15) is 0 Å². The maximum absolute atomic E-state index is 12.4. The summed E-state index contributed by atoms with van der Waals surface area (Å²) in [6, 6.07) is 12.7. The van der Waals surface area contributed by atoms with E-state index in [9.17, 15) is 9.59 Å². The molecule has 4 rings (SSSR count). The molecule has 0 saturated carbocycles. The Morgan fingerprint density at radius 3 is 2.86 bits per heavy atom. The molecule has 0 radical (unpaired) electrons. The highest BCUT2D eigenvalue weighted by Crippen LogP contribution is 2.07. The van der Waals surface area contributed by atoms with Crippen molar-refractivity contribution >= 4 is 22.6 Å². The number of carbonyl (C=O) groups is 1. The smallest absolute Gasteiger partial charge is 0.261 e. The predicted molar refractivity (Wildman–Crippen MR) is 105 cm³/mol. The average molecular weight is 374 g/mol. The Kier molecular flexibility index (Phi) is 4.92. The number of amides is 1. The summed E-state index contributed by atoms with van der Waals surface area (Å²) in [5.74, 6) is 0.254. The number of para-hydroxylation sites is 1. The summed E-state index contributed by atoms with van der Waals surface area (Å²) in [6.07, 6.45) is 6.90. The highest BCUT2D eigenvalue weighted by atomic mass is 16.2. The van der Waals surface area contributed by atoms with E-state index in [0.29, 0.717) is 23.3 Å². The Hall–Kier alpha value is -3.81. The number of aryl methyl sites for hydroxylation is 1. The first-order valence-electron chi connectivity index (χ1n) is 8.85. The lowest BCUT2D eigenvalue weighted by atomic mass is 10.2. The van der Waals surface area contributed by atoms with Crippen molar-refractivity contribution in [2.75, 3.05) is 5.32 Å². The third-order valence-corrected chi connectivity index (χ3v) is 4.29. The molecule has 0 atom stereocenters. The highest BCUT2D eigenvalue weighted by Gasteiger charge is 2.08. The Morgan fingerprint density at radius 1 is 1.11 bits per heavy atom. The lowest BCUT2D eigenvalue weighted by molar-refractivity contribution is -0.116. The maximum atomic E-state index is 12.4. The number of nitrogens with one attached hydrogen (secondary N) is 1. The Balaban J connectivity index is 1.36. The fourth-order valence-electron chi connectivity index (χ4n) is 2.89. The number of fused-ring (bicyclic) bond motifs is 1. The van der Waals surface area contributed by atoms with Crippen LogP contribution < -0.4 is 10.9 Å². The number of carbonyl (C=O) groups excluding carboxylic acids is 1.